The monoisotopic (exact) mass is 342 g/mol. The number of piperidine rings is 1. The molecule has 2 rings (SSSR count). The molecule has 0 aliphatic carbocycles. The van der Waals surface area contributed by atoms with Gasteiger partial charge in [-0.05, 0) is 45.0 Å². The summed E-state index contributed by atoms with van der Waals surface area (Å²) in [6.45, 7) is 5.32. The van der Waals surface area contributed by atoms with Crippen molar-refractivity contribution >= 4 is 18.3 Å². The summed E-state index contributed by atoms with van der Waals surface area (Å²) in [6.07, 6.45) is 2.03. The predicted octanol–water partition coefficient (Wildman–Crippen LogP) is 1.93. The van der Waals surface area contributed by atoms with E-state index in [2.05, 4.69) is 10.6 Å². The quantitative estimate of drug-likeness (QED) is 0.795. The summed E-state index contributed by atoms with van der Waals surface area (Å²) in [4.78, 5) is 12.0. The Balaban J connectivity index is 0.00000264. The minimum absolute atomic E-state index is 0. The van der Waals surface area contributed by atoms with Gasteiger partial charge in [-0.3, -0.25) is 4.79 Å². The minimum atomic E-state index is -0.0883. The number of hydrogen-bond acceptors (Lipinski definition) is 4. The first-order valence-corrected chi connectivity index (χ1v) is 7.79. The maximum Gasteiger partial charge on any atom is 0.257 e. The number of nitrogens with one attached hydrogen (secondary N) is 2. The number of amides is 1. The van der Waals surface area contributed by atoms with Crippen molar-refractivity contribution in [1.82, 2.24) is 10.6 Å². The van der Waals surface area contributed by atoms with Crippen LogP contribution in [0.15, 0.2) is 24.3 Å². The predicted molar refractivity (Wildman–Crippen MR) is 93.3 cm³/mol. The Bertz CT molecular complexity index is 468. The lowest BCUT2D eigenvalue weighted by Crippen LogP contribution is -2.47. The molecule has 1 aromatic carbocycles. The lowest BCUT2D eigenvalue weighted by Gasteiger charge is -2.37. The Morgan fingerprint density at radius 1 is 1.26 bits per heavy atom. The van der Waals surface area contributed by atoms with Crippen LogP contribution in [0.1, 0.15) is 18.4 Å². The van der Waals surface area contributed by atoms with Crippen LogP contribution in [0, 0.1) is 12.3 Å². The van der Waals surface area contributed by atoms with Gasteiger partial charge in [-0.2, -0.15) is 0 Å². The second-order valence-corrected chi connectivity index (χ2v) is 6.06. The zero-order chi connectivity index (χ0) is 15.8. The molecule has 0 spiro atoms. The molecule has 1 aromatic rings. The van der Waals surface area contributed by atoms with E-state index in [1.165, 1.54) is 5.56 Å². The molecule has 0 radical (unpaired) electrons. The van der Waals surface area contributed by atoms with Gasteiger partial charge in [-0.15, -0.1) is 12.4 Å². The normalized spacial score (nSPS) is 16.3. The molecule has 0 saturated carbocycles. The van der Waals surface area contributed by atoms with Gasteiger partial charge in [0.1, 0.15) is 5.75 Å². The molecule has 0 atom stereocenters. The van der Waals surface area contributed by atoms with Gasteiger partial charge in [0.05, 0.1) is 6.61 Å². The zero-order valence-corrected chi connectivity index (χ0v) is 14.7. The summed E-state index contributed by atoms with van der Waals surface area (Å²) in [6, 6.07) is 7.69. The van der Waals surface area contributed by atoms with E-state index < -0.39 is 0 Å². The van der Waals surface area contributed by atoms with Crippen molar-refractivity contribution in [2.24, 2.45) is 5.41 Å². The maximum atomic E-state index is 12.0. The molecule has 1 aliphatic heterocycles. The average Bonchev–Trinajstić information content (AvgIpc) is 2.54. The van der Waals surface area contributed by atoms with Gasteiger partial charge in [0, 0.05) is 19.1 Å². The molecular weight excluding hydrogens is 316 g/mol. The van der Waals surface area contributed by atoms with Crippen LogP contribution in [0.4, 0.5) is 0 Å². The van der Waals surface area contributed by atoms with Crippen molar-refractivity contribution in [2.45, 2.75) is 19.8 Å². The number of carbonyl (C=O) groups is 1. The fraction of sp³-hybridized carbons (Fsp3) is 0.588. The zero-order valence-electron chi connectivity index (χ0n) is 13.9. The third-order valence-electron chi connectivity index (χ3n) is 4.17. The highest BCUT2D eigenvalue weighted by Gasteiger charge is 2.32. The van der Waals surface area contributed by atoms with Crippen molar-refractivity contribution in [3.63, 3.8) is 0 Å². The van der Waals surface area contributed by atoms with Crippen LogP contribution in [0.2, 0.25) is 0 Å². The number of carbonyl (C=O) groups excluding carboxylic acids is 1. The van der Waals surface area contributed by atoms with Crippen molar-refractivity contribution in [2.75, 3.05) is 40.0 Å². The number of ether oxygens (including phenoxy) is 2. The van der Waals surface area contributed by atoms with Crippen molar-refractivity contribution < 1.29 is 14.3 Å². The van der Waals surface area contributed by atoms with Gasteiger partial charge < -0.3 is 20.1 Å². The molecule has 1 amide bonds. The van der Waals surface area contributed by atoms with Gasteiger partial charge in [0.25, 0.3) is 5.91 Å². The topological polar surface area (TPSA) is 59.6 Å². The third kappa shape index (κ3) is 6.37. The van der Waals surface area contributed by atoms with Gasteiger partial charge in [0.15, 0.2) is 6.61 Å². The highest BCUT2D eigenvalue weighted by molar-refractivity contribution is 5.85. The maximum absolute atomic E-state index is 12.0. The number of hydrogen-bond donors (Lipinski definition) is 2. The van der Waals surface area contributed by atoms with Crippen LogP contribution < -0.4 is 15.4 Å². The molecule has 23 heavy (non-hydrogen) atoms. The number of rotatable bonds is 7. The fourth-order valence-corrected chi connectivity index (χ4v) is 2.76. The SMILES string of the molecule is COCC1(CNC(=O)COc2ccc(C)cc2)CCNCC1.Cl. The van der Waals surface area contributed by atoms with E-state index in [0.29, 0.717) is 18.9 Å². The fourth-order valence-electron chi connectivity index (χ4n) is 2.76. The number of halogens is 1. The first-order chi connectivity index (χ1) is 10.6. The molecule has 5 nitrogen and oxygen atoms in total. The van der Waals surface area contributed by atoms with Crippen LogP contribution in [-0.4, -0.2) is 45.9 Å². The second kappa shape index (κ2) is 9.75. The molecule has 0 unspecified atom stereocenters. The molecule has 0 bridgehead atoms. The van der Waals surface area contributed by atoms with Crippen molar-refractivity contribution in [3.05, 3.63) is 29.8 Å². The summed E-state index contributed by atoms with van der Waals surface area (Å²) >= 11 is 0. The smallest absolute Gasteiger partial charge is 0.257 e. The van der Waals surface area contributed by atoms with Crippen LogP contribution in [0.25, 0.3) is 0 Å². The second-order valence-electron chi connectivity index (χ2n) is 6.06. The largest absolute Gasteiger partial charge is 0.484 e. The van der Waals surface area contributed by atoms with E-state index in [-0.39, 0.29) is 30.3 Å². The molecular formula is C17H27ClN2O3. The summed E-state index contributed by atoms with van der Waals surface area (Å²) in [5.41, 5.74) is 1.21. The Hall–Kier alpha value is -1.30. The van der Waals surface area contributed by atoms with Crippen LogP contribution in [0.3, 0.4) is 0 Å². The van der Waals surface area contributed by atoms with E-state index in [0.717, 1.165) is 25.9 Å². The van der Waals surface area contributed by atoms with E-state index in [1.807, 2.05) is 31.2 Å². The van der Waals surface area contributed by atoms with E-state index >= 15 is 0 Å². The van der Waals surface area contributed by atoms with Gasteiger partial charge in [-0.1, -0.05) is 17.7 Å². The summed E-state index contributed by atoms with van der Waals surface area (Å²) < 4.78 is 10.8. The first kappa shape index (κ1) is 19.7. The third-order valence-corrected chi connectivity index (χ3v) is 4.17. The Labute approximate surface area is 144 Å². The molecule has 1 fully saturated rings. The van der Waals surface area contributed by atoms with Crippen LogP contribution in [0.5, 0.6) is 5.75 Å². The van der Waals surface area contributed by atoms with Crippen molar-refractivity contribution in [3.8, 4) is 5.75 Å². The molecule has 2 N–H and O–H groups in total. The Kier molecular flexibility index (Phi) is 8.37. The van der Waals surface area contributed by atoms with Gasteiger partial charge >= 0.3 is 0 Å². The summed E-state index contributed by atoms with van der Waals surface area (Å²) in [5.74, 6) is 0.629. The number of benzene rings is 1. The van der Waals surface area contributed by atoms with Crippen LogP contribution >= 0.6 is 12.4 Å². The molecule has 130 valence electrons. The van der Waals surface area contributed by atoms with Gasteiger partial charge in [0.2, 0.25) is 0 Å². The number of methoxy groups -OCH3 is 1. The lowest BCUT2D eigenvalue weighted by molar-refractivity contribution is -0.124. The summed E-state index contributed by atoms with van der Waals surface area (Å²) in [5, 5.41) is 6.33. The number of aryl methyl sites for hydroxylation is 1. The van der Waals surface area contributed by atoms with E-state index in [9.17, 15) is 4.79 Å². The Morgan fingerprint density at radius 3 is 2.52 bits per heavy atom. The standard InChI is InChI=1S/C17H26N2O3.ClH/c1-14-3-5-15(6-4-14)22-11-16(20)19-12-17(13-21-2)7-9-18-10-8-17;/h3-6,18H,7-13H2,1-2H3,(H,19,20);1H. The van der Waals surface area contributed by atoms with Gasteiger partial charge in [-0.25, -0.2) is 0 Å². The van der Waals surface area contributed by atoms with Crippen molar-refractivity contribution in [1.29, 1.82) is 0 Å². The minimum Gasteiger partial charge on any atom is -0.484 e. The Morgan fingerprint density at radius 2 is 1.91 bits per heavy atom. The highest BCUT2D eigenvalue weighted by atomic mass is 35.5. The molecule has 6 heteroatoms. The molecule has 1 heterocycles. The van der Waals surface area contributed by atoms with E-state index in [4.69, 9.17) is 9.47 Å². The molecule has 1 saturated heterocycles. The molecule has 0 aromatic heterocycles. The lowest BCUT2D eigenvalue weighted by atomic mass is 9.79. The van der Waals surface area contributed by atoms with Crippen LogP contribution in [-0.2, 0) is 9.53 Å². The molecule has 1 aliphatic rings. The highest BCUT2D eigenvalue weighted by Crippen LogP contribution is 2.28. The first-order valence-electron chi connectivity index (χ1n) is 7.79. The average molecular weight is 343 g/mol. The summed E-state index contributed by atoms with van der Waals surface area (Å²) in [7, 11) is 1.71. The van der Waals surface area contributed by atoms with E-state index in [1.54, 1.807) is 7.11 Å².